The second-order valence-electron chi connectivity index (χ2n) is 10.3. The number of hydrogen-bond donors (Lipinski definition) is 1. The summed E-state index contributed by atoms with van der Waals surface area (Å²) in [5, 5.41) is 23.1. The lowest BCUT2D eigenvalue weighted by molar-refractivity contribution is -0.126. The van der Waals surface area contributed by atoms with E-state index in [0.717, 1.165) is 60.4 Å². The predicted octanol–water partition coefficient (Wildman–Crippen LogP) is 6.36. The average Bonchev–Trinajstić information content (AvgIpc) is 3.66. The Labute approximate surface area is 232 Å². The van der Waals surface area contributed by atoms with Crippen molar-refractivity contribution in [1.82, 2.24) is 19.4 Å². The standard InChI is InChI=1S/C28H27F3N8S/c1-17-18(2-3-25-23(17)10-21(13-32)39(25)15-20-4-7-35-37-20)14-38-8-5-19(6-9-38)36-26-24-11-22(12-28(29,30)31)40-27(24)34-16-33-26/h2-4,10-11,16,19H,5-9,12,14-15H2,1H3,(H,33,34,36). The van der Waals surface area contributed by atoms with Gasteiger partial charge < -0.3 is 9.88 Å². The molecule has 1 aromatic carbocycles. The Morgan fingerprint density at radius 3 is 2.67 bits per heavy atom. The van der Waals surface area contributed by atoms with Crippen LogP contribution < -0.4 is 5.32 Å². The third kappa shape index (κ3) is 5.44. The summed E-state index contributed by atoms with van der Waals surface area (Å²) in [6.07, 6.45) is -0.0305. The number of likely N-dealkylation sites (tertiary alicyclic amines) is 1. The second-order valence-corrected chi connectivity index (χ2v) is 11.4. The van der Waals surface area contributed by atoms with Gasteiger partial charge in [-0.05, 0) is 55.2 Å². The number of allylic oxidation sites excluding steroid dienone is 1. The van der Waals surface area contributed by atoms with Gasteiger partial charge in [0.1, 0.15) is 28.7 Å². The summed E-state index contributed by atoms with van der Waals surface area (Å²) in [5.41, 5.74) is 4.90. The molecule has 1 saturated heterocycles. The zero-order chi connectivity index (χ0) is 27.9. The number of benzene rings is 1. The van der Waals surface area contributed by atoms with Crippen LogP contribution in [0.4, 0.5) is 19.0 Å². The van der Waals surface area contributed by atoms with Gasteiger partial charge in [0, 0.05) is 41.5 Å². The van der Waals surface area contributed by atoms with Crippen molar-refractivity contribution in [3.8, 4) is 6.07 Å². The van der Waals surface area contributed by atoms with Crippen LogP contribution in [0.1, 0.15) is 34.5 Å². The molecule has 8 nitrogen and oxygen atoms in total. The van der Waals surface area contributed by atoms with Crippen molar-refractivity contribution in [2.75, 3.05) is 25.0 Å². The van der Waals surface area contributed by atoms with Gasteiger partial charge in [0.05, 0.1) is 30.6 Å². The lowest BCUT2D eigenvalue weighted by atomic mass is 10.0. The van der Waals surface area contributed by atoms with E-state index in [4.69, 9.17) is 0 Å². The normalized spacial score (nSPS) is 16.6. The van der Waals surface area contributed by atoms with Gasteiger partial charge in [0.2, 0.25) is 0 Å². The molecule has 12 heteroatoms. The van der Waals surface area contributed by atoms with Crippen molar-refractivity contribution in [1.29, 1.82) is 5.26 Å². The summed E-state index contributed by atoms with van der Waals surface area (Å²) < 4.78 is 40.6. The molecule has 1 N–H and O–H groups in total. The van der Waals surface area contributed by atoms with Crippen molar-refractivity contribution in [2.45, 2.75) is 51.5 Å². The highest BCUT2D eigenvalue weighted by atomic mass is 32.1. The highest BCUT2D eigenvalue weighted by molar-refractivity contribution is 7.18. The fraction of sp³-hybridized carbons (Fsp3) is 0.393. The van der Waals surface area contributed by atoms with Gasteiger partial charge in [0.25, 0.3) is 0 Å². The van der Waals surface area contributed by atoms with E-state index in [1.165, 1.54) is 17.5 Å². The van der Waals surface area contributed by atoms with E-state index in [0.29, 0.717) is 34.8 Å². The number of alkyl halides is 3. The van der Waals surface area contributed by atoms with E-state index in [-0.39, 0.29) is 10.9 Å². The maximum Gasteiger partial charge on any atom is 0.393 e. The van der Waals surface area contributed by atoms with Gasteiger partial charge in [-0.15, -0.1) is 11.3 Å². The Kier molecular flexibility index (Phi) is 7.02. The van der Waals surface area contributed by atoms with Crippen molar-refractivity contribution >= 4 is 38.3 Å². The molecule has 3 aromatic heterocycles. The molecule has 1 fully saturated rings. The van der Waals surface area contributed by atoms with E-state index >= 15 is 0 Å². The van der Waals surface area contributed by atoms with Crippen LogP contribution in [0, 0.1) is 18.3 Å². The molecule has 0 bridgehead atoms. The van der Waals surface area contributed by atoms with Crippen LogP contribution in [0.2, 0.25) is 0 Å². The SMILES string of the molecule is Cc1c(CN2CCC(Nc3ncnc4sc(CC(F)(F)F)cc34)CC2)ccc2c1cc(C#N)n2CC1=CCN=N1. The van der Waals surface area contributed by atoms with E-state index in [1.54, 1.807) is 6.07 Å². The van der Waals surface area contributed by atoms with Crippen molar-refractivity contribution in [3.63, 3.8) is 0 Å². The molecule has 0 saturated carbocycles. The minimum atomic E-state index is -4.25. The van der Waals surface area contributed by atoms with E-state index in [9.17, 15) is 18.4 Å². The minimum Gasteiger partial charge on any atom is -0.367 e. The van der Waals surface area contributed by atoms with Gasteiger partial charge >= 0.3 is 6.18 Å². The third-order valence-electron chi connectivity index (χ3n) is 7.59. The fourth-order valence-corrected chi connectivity index (χ4v) is 6.53. The van der Waals surface area contributed by atoms with E-state index < -0.39 is 12.6 Å². The summed E-state index contributed by atoms with van der Waals surface area (Å²) in [6.45, 7) is 5.81. The first-order valence-electron chi connectivity index (χ1n) is 13.1. The number of fused-ring (bicyclic) bond motifs is 2. The number of halogens is 3. The first-order chi connectivity index (χ1) is 19.3. The van der Waals surface area contributed by atoms with Crippen LogP contribution in [0.5, 0.6) is 0 Å². The van der Waals surface area contributed by atoms with Crippen LogP contribution in [-0.4, -0.2) is 51.3 Å². The molecule has 6 rings (SSSR count). The van der Waals surface area contributed by atoms with E-state index in [2.05, 4.69) is 55.5 Å². The molecule has 2 aliphatic heterocycles. The Balaban J connectivity index is 1.12. The molecule has 0 atom stereocenters. The van der Waals surface area contributed by atoms with Gasteiger partial charge in [-0.2, -0.15) is 28.7 Å². The largest absolute Gasteiger partial charge is 0.393 e. The van der Waals surface area contributed by atoms with E-state index in [1.807, 2.05) is 16.7 Å². The van der Waals surface area contributed by atoms with Crippen LogP contribution in [0.3, 0.4) is 0 Å². The van der Waals surface area contributed by atoms with Gasteiger partial charge in [0.15, 0.2) is 0 Å². The quantitative estimate of drug-likeness (QED) is 0.282. The van der Waals surface area contributed by atoms with Crippen molar-refractivity contribution < 1.29 is 13.2 Å². The molecule has 40 heavy (non-hydrogen) atoms. The maximum atomic E-state index is 12.9. The first-order valence-corrected chi connectivity index (χ1v) is 14.0. The van der Waals surface area contributed by atoms with Crippen LogP contribution in [-0.2, 0) is 19.5 Å². The number of thiophene rings is 1. The number of aromatic nitrogens is 3. The Morgan fingerprint density at radius 2 is 1.95 bits per heavy atom. The molecule has 0 radical (unpaired) electrons. The summed E-state index contributed by atoms with van der Waals surface area (Å²) in [5.74, 6) is 0.599. The Morgan fingerprint density at radius 1 is 1.12 bits per heavy atom. The number of piperidine rings is 1. The molecule has 2 aliphatic rings. The number of rotatable bonds is 7. The number of nitrogens with one attached hydrogen (secondary N) is 1. The maximum absolute atomic E-state index is 12.9. The second kappa shape index (κ2) is 10.6. The molecular weight excluding hydrogens is 537 g/mol. The number of anilines is 1. The Hall–Kier alpha value is -3.82. The first kappa shape index (κ1) is 26.4. The third-order valence-corrected chi connectivity index (χ3v) is 8.63. The van der Waals surface area contributed by atoms with Crippen molar-refractivity contribution in [2.24, 2.45) is 10.2 Å². The minimum absolute atomic E-state index is 0.179. The molecule has 0 aliphatic carbocycles. The average molecular weight is 565 g/mol. The highest BCUT2D eigenvalue weighted by Gasteiger charge is 2.29. The molecule has 5 heterocycles. The molecule has 4 aromatic rings. The van der Waals surface area contributed by atoms with Crippen LogP contribution >= 0.6 is 11.3 Å². The van der Waals surface area contributed by atoms with Gasteiger partial charge in [-0.3, -0.25) is 4.90 Å². The number of nitriles is 1. The summed E-state index contributed by atoms with van der Waals surface area (Å²) in [7, 11) is 0. The molecule has 0 unspecified atom stereocenters. The molecule has 0 amide bonds. The highest BCUT2D eigenvalue weighted by Crippen LogP contribution is 2.33. The Bertz CT molecular complexity index is 1670. The molecule has 0 spiro atoms. The topological polar surface area (TPSA) is 94.5 Å². The summed E-state index contributed by atoms with van der Waals surface area (Å²) in [6, 6.07) is 10.3. The zero-order valence-corrected chi connectivity index (χ0v) is 22.7. The monoisotopic (exact) mass is 564 g/mol. The van der Waals surface area contributed by atoms with Crippen LogP contribution in [0.25, 0.3) is 21.1 Å². The van der Waals surface area contributed by atoms with Gasteiger partial charge in [-0.1, -0.05) is 6.07 Å². The molecule has 206 valence electrons. The zero-order valence-electron chi connectivity index (χ0n) is 21.9. The number of azo groups is 1. The number of hydrogen-bond acceptors (Lipinski definition) is 8. The van der Waals surface area contributed by atoms with Crippen molar-refractivity contribution in [3.05, 3.63) is 64.1 Å². The summed E-state index contributed by atoms with van der Waals surface area (Å²) >= 11 is 1.07. The number of aryl methyl sites for hydroxylation is 1. The smallest absolute Gasteiger partial charge is 0.367 e. The lowest BCUT2D eigenvalue weighted by Crippen LogP contribution is -2.39. The molecular formula is C28H27F3N8S. The lowest BCUT2D eigenvalue weighted by Gasteiger charge is -2.33. The fourth-order valence-electron chi connectivity index (χ4n) is 5.51. The summed E-state index contributed by atoms with van der Waals surface area (Å²) in [4.78, 5) is 11.7. The van der Waals surface area contributed by atoms with Crippen LogP contribution in [0.15, 0.2) is 52.6 Å². The number of nitrogens with zero attached hydrogens (tertiary/aromatic N) is 7. The van der Waals surface area contributed by atoms with Gasteiger partial charge in [-0.25, -0.2) is 9.97 Å². The predicted molar refractivity (Wildman–Crippen MR) is 148 cm³/mol.